The van der Waals surface area contributed by atoms with Crippen molar-refractivity contribution in [2.45, 2.75) is 18.4 Å². The summed E-state index contributed by atoms with van der Waals surface area (Å²) in [6.07, 6.45) is 3.68. The van der Waals surface area contributed by atoms with Crippen LogP contribution >= 0.6 is 0 Å². The molecule has 0 radical (unpaired) electrons. The van der Waals surface area contributed by atoms with E-state index in [9.17, 15) is 8.42 Å². The van der Waals surface area contributed by atoms with Crippen LogP contribution in [0.15, 0.2) is 65.6 Å². The third-order valence-electron chi connectivity index (χ3n) is 3.79. The van der Waals surface area contributed by atoms with Gasteiger partial charge in [0.1, 0.15) is 12.4 Å². The Hall–Kier alpha value is -2.11. The molecule has 23 heavy (non-hydrogen) atoms. The Morgan fingerprint density at radius 1 is 1.00 bits per heavy atom. The molecule has 0 fully saturated rings. The van der Waals surface area contributed by atoms with Gasteiger partial charge in [-0.1, -0.05) is 48.0 Å². The molecule has 5 heteroatoms. The summed E-state index contributed by atoms with van der Waals surface area (Å²) < 4.78 is 33.0. The molecule has 1 aliphatic rings. The van der Waals surface area contributed by atoms with E-state index in [0.717, 1.165) is 16.9 Å². The highest BCUT2D eigenvalue weighted by molar-refractivity contribution is 7.89. The Bertz CT molecular complexity index is 810. The molecule has 0 unspecified atom stereocenters. The van der Waals surface area contributed by atoms with Crippen LogP contribution in [0.1, 0.15) is 11.1 Å². The predicted molar refractivity (Wildman–Crippen MR) is 89.9 cm³/mol. The average Bonchev–Trinajstić information content (AvgIpc) is 2.65. The van der Waals surface area contributed by atoms with Crippen LogP contribution < -0.4 is 4.74 Å². The van der Waals surface area contributed by atoms with Crippen molar-refractivity contribution in [3.63, 3.8) is 0 Å². The summed E-state index contributed by atoms with van der Waals surface area (Å²) in [5.41, 5.74) is 1.90. The van der Waals surface area contributed by atoms with E-state index in [4.69, 9.17) is 4.74 Å². The van der Waals surface area contributed by atoms with Gasteiger partial charge in [0.15, 0.2) is 0 Å². The molecule has 0 saturated carbocycles. The van der Waals surface area contributed by atoms with Gasteiger partial charge in [-0.05, 0) is 25.1 Å². The Kier molecular flexibility index (Phi) is 4.50. The summed E-state index contributed by atoms with van der Waals surface area (Å²) in [5, 5.41) is 0. The molecule has 0 bridgehead atoms. The summed E-state index contributed by atoms with van der Waals surface area (Å²) in [4.78, 5) is 0.314. The molecule has 3 rings (SSSR count). The van der Waals surface area contributed by atoms with Crippen LogP contribution in [0.3, 0.4) is 0 Å². The molecule has 2 aromatic carbocycles. The van der Waals surface area contributed by atoms with E-state index in [-0.39, 0.29) is 6.54 Å². The predicted octanol–water partition coefficient (Wildman–Crippen LogP) is 3.13. The number of sulfonamides is 1. The van der Waals surface area contributed by atoms with Gasteiger partial charge < -0.3 is 4.74 Å². The van der Waals surface area contributed by atoms with Crippen LogP contribution in [0.2, 0.25) is 0 Å². The minimum atomic E-state index is -3.55. The van der Waals surface area contributed by atoms with Crippen molar-refractivity contribution in [2.24, 2.45) is 0 Å². The van der Waals surface area contributed by atoms with Crippen molar-refractivity contribution in [3.05, 3.63) is 71.8 Å². The van der Waals surface area contributed by atoms with Gasteiger partial charge in [0.25, 0.3) is 0 Å². The van der Waals surface area contributed by atoms with Gasteiger partial charge in [-0.15, -0.1) is 0 Å². The number of nitrogens with zero attached hydrogens (tertiary/aromatic N) is 1. The highest BCUT2D eigenvalue weighted by atomic mass is 32.2. The lowest BCUT2D eigenvalue weighted by atomic mass is 10.2. The lowest BCUT2D eigenvalue weighted by molar-refractivity contribution is 0.355. The molecule has 0 aliphatic carbocycles. The zero-order chi connectivity index (χ0) is 16.3. The Morgan fingerprint density at radius 2 is 1.74 bits per heavy atom. The van der Waals surface area contributed by atoms with E-state index in [1.165, 1.54) is 4.31 Å². The van der Waals surface area contributed by atoms with Crippen molar-refractivity contribution in [3.8, 4) is 5.75 Å². The van der Waals surface area contributed by atoms with Gasteiger partial charge in [-0.3, -0.25) is 0 Å². The Balaban J connectivity index is 1.98. The maximum atomic E-state index is 12.9. The molecular weight excluding hydrogens is 310 g/mol. The highest BCUT2D eigenvalue weighted by Gasteiger charge is 2.25. The molecule has 0 amide bonds. The number of aryl methyl sites for hydroxylation is 1. The third-order valence-corrected chi connectivity index (χ3v) is 5.61. The van der Waals surface area contributed by atoms with Gasteiger partial charge in [0.2, 0.25) is 10.0 Å². The van der Waals surface area contributed by atoms with E-state index < -0.39 is 10.0 Å². The van der Waals surface area contributed by atoms with E-state index in [1.807, 2.05) is 55.5 Å². The van der Waals surface area contributed by atoms with Crippen molar-refractivity contribution in [1.82, 2.24) is 4.31 Å². The van der Waals surface area contributed by atoms with Gasteiger partial charge >= 0.3 is 0 Å². The highest BCUT2D eigenvalue weighted by Crippen LogP contribution is 2.25. The van der Waals surface area contributed by atoms with Gasteiger partial charge in [-0.25, -0.2) is 8.42 Å². The number of para-hydroxylation sites is 1. The molecule has 0 saturated heterocycles. The first-order valence-electron chi connectivity index (χ1n) is 7.50. The summed E-state index contributed by atoms with van der Waals surface area (Å²) in [7, 11) is -3.55. The topological polar surface area (TPSA) is 46.6 Å². The first-order valence-corrected chi connectivity index (χ1v) is 8.94. The van der Waals surface area contributed by atoms with Gasteiger partial charge in [0.05, 0.1) is 4.90 Å². The number of hydrogen-bond acceptors (Lipinski definition) is 3. The van der Waals surface area contributed by atoms with E-state index in [0.29, 0.717) is 18.0 Å². The quantitative estimate of drug-likeness (QED) is 0.795. The molecule has 120 valence electrons. The summed E-state index contributed by atoms with van der Waals surface area (Å²) in [6, 6.07) is 14.5. The number of rotatable bonds is 2. The average molecular weight is 329 g/mol. The van der Waals surface area contributed by atoms with Crippen LogP contribution in [0.25, 0.3) is 0 Å². The molecular formula is C18H19NO3S. The molecule has 1 aliphatic heterocycles. The summed E-state index contributed by atoms with van der Waals surface area (Å²) in [5.74, 6) is 0.725. The van der Waals surface area contributed by atoms with Gasteiger partial charge in [-0.2, -0.15) is 4.31 Å². The molecule has 0 atom stereocenters. The van der Waals surface area contributed by atoms with Crippen LogP contribution in [-0.2, 0) is 16.6 Å². The van der Waals surface area contributed by atoms with E-state index >= 15 is 0 Å². The molecule has 2 aromatic rings. The largest absolute Gasteiger partial charge is 0.489 e. The molecule has 0 N–H and O–H groups in total. The fraction of sp³-hybridized carbons (Fsp3) is 0.222. The SMILES string of the molecule is Cc1ccc(S(=O)(=O)N2C/C=C\COc3ccccc3C2)cc1. The van der Waals surface area contributed by atoms with Crippen LogP contribution in [0.5, 0.6) is 5.75 Å². The zero-order valence-electron chi connectivity index (χ0n) is 13.0. The second kappa shape index (κ2) is 6.56. The molecule has 1 heterocycles. The number of ether oxygens (including phenoxy) is 1. The van der Waals surface area contributed by atoms with Crippen LogP contribution in [-0.4, -0.2) is 25.9 Å². The first-order chi connectivity index (χ1) is 11.1. The maximum absolute atomic E-state index is 12.9. The minimum Gasteiger partial charge on any atom is -0.489 e. The molecule has 0 aromatic heterocycles. The van der Waals surface area contributed by atoms with Crippen molar-refractivity contribution in [2.75, 3.05) is 13.2 Å². The fourth-order valence-corrected chi connectivity index (χ4v) is 3.84. The molecule has 0 spiro atoms. The normalized spacial score (nSPS) is 17.3. The lowest BCUT2D eigenvalue weighted by Crippen LogP contribution is -2.30. The zero-order valence-corrected chi connectivity index (χ0v) is 13.8. The van der Waals surface area contributed by atoms with E-state index in [1.54, 1.807) is 12.1 Å². The lowest BCUT2D eigenvalue weighted by Gasteiger charge is -2.21. The summed E-state index contributed by atoms with van der Waals surface area (Å²) >= 11 is 0. The number of fused-ring (bicyclic) bond motifs is 1. The van der Waals surface area contributed by atoms with Crippen molar-refractivity contribution >= 4 is 10.0 Å². The third kappa shape index (κ3) is 3.46. The van der Waals surface area contributed by atoms with Crippen LogP contribution in [0.4, 0.5) is 0 Å². The minimum absolute atomic E-state index is 0.288. The molecule has 4 nitrogen and oxygen atoms in total. The summed E-state index contributed by atoms with van der Waals surface area (Å²) in [6.45, 7) is 2.99. The number of benzene rings is 2. The Labute approximate surface area is 137 Å². The van der Waals surface area contributed by atoms with E-state index in [2.05, 4.69) is 0 Å². The standard InChI is InChI=1S/C18H19NO3S/c1-15-8-10-17(11-9-15)23(20,21)19-12-4-5-13-22-18-7-3-2-6-16(18)14-19/h2-11H,12-14H2,1H3/b5-4-. The second-order valence-corrected chi connectivity index (χ2v) is 7.44. The monoisotopic (exact) mass is 329 g/mol. The van der Waals surface area contributed by atoms with Gasteiger partial charge in [0, 0.05) is 18.7 Å². The van der Waals surface area contributed by atoms with Crippen molar-refractivity contribution in [1.29, 1.82) is 0 Å². The first kappa shape index (κ1) is 15.8. The number of hydrogen-bond donors (Lipinski definition) is 0. The van der Waals surface area contributed by atoms with Crippen molar-refractivity contribution < 1.29 is 13.2 Å². The Morgan fingerprint density at radius 3 is 2.52 bits per heavy atom. The smallest absolute Gasteiger partial charge is 0.243 e. The van der Waals surface area contributed by atoms with Crippen LogP contribution in [0, 0.1) is 6.92 Å². The second-order valence-electron chi connectivity index (χ2n) is 5.50. The fourth-order valence-electron chi connectivity index (χ4n) is 2.47. The maximum Gasteiger partial charge on any atom is 0.243 e.